The second-order valence-corrected chi connectivity index (χ2v) is 4.82. The smallest absolute Gasteiger partial charge is 0.154 e. The summed E-state index contributed by atoms with van der Waals surface area (Å²) in [6.45, 7) is -0.174. The van der Waals surface area contributed by atoms with Gasteiger partial charge in [-0.25, -0.2) is 9.50 Å². The highest BCUT2D eigenvalue weighted by molar-refractivity contribution is 6.30. The number of rotatable bonds is 2. The van der Waals surface area contributed by atoms with E-state index in [9.17, 15) is 5.11 Å². The van der Waals surface area contributed by atoms with Crippen LogP contribution in [0.1, 0.15) is 5.69 Å². The molecular formula is C13H9Cl2N3O. The third-order valence-electron chi connectivity index (χ3n) is 2.81. The second kappa shape index (κ2) is 4.81. The van der Waals surface area contributed by atoms with Gasteiger partial charge in [-0.1, -0.05) is 35.3 Å². The van der Waals surface area contributed by atoms with E-state index >= 15 is 0 Å². The number of imidazole rings is 1. The minimum Gasteiger partial charge on any atom is -0.390 e. The van der Waals surface area contributed by atoms with Gasteiger partial charge in [-0.15, -0.1) is 0 Å². The molecule has 2 heterocycles. The van der Waals surface area contributed by atoms with Crippen molar-refractivity contribution < 1.29 is 5.11 Å². The molecule has 1 N–H and O–H groups in total. The molecule has 19 heavy (non-hydrogen) atoms. The Morgan fingerprint density at radius 2 is 1.79 bits per heavy atom. The normalized spacial score (nSPS) is 11.1. The van der Waals surface area contributed by atoms with E-state index in [1.165, 1.54) is 0 Å². The molecule has 0 saturated heterocycles. The maximum atomic E-state index is 9.54. The number of halogens is 2. The van der Waals surface area contributed by atoms with E-state index in [-0.39, 0.29) is 6.61 Å². The Labute approximate surface area is 119 Å². The Morgan fingerprint density at radius 1 is 1.05 bits per heavy atom. The zero-order valence-corrected chi connectivity index (χ0v) is 11.2. The van der Waals surface area contributed by atoms with Gasteiger partial charge in [0.15, 0.2) is 5.65 Å². The van der Waals surface area contributed by atoms with Crippen LogP contribution >= 0.6 is 23.2 Å². The fraction of sp³-hybridized carbons (Fsp3) is 0.0769. The second-order valence-electron chi connectivity index (χ2n) is 4.00. The van der Waals surface area contributed by atoms with Crippen molar-refractivity contribution in [2.24, 2.45) is 0 Å². The predicted molar refractivity (Wildman–Crippen MR) is 74.4 cm³/mol. The summed E-state index contributed by atoms with van der Waals surface area (Å²) in [6, 6.07) is 10.7. The van der Waals surface area contributed by atoms with Gasteiger partial charge in [0, 0.05) is 10.6 Å². The number of hydrogen-bond donors (Lipinski definition) is 1. The van der Waals surface area contributed by atoms with Gasteiger partial charge in [-0.3, -0.25) is 0 Å². The number of fused-ring (bicyclic) bond motifs is 1. The number of aliphatic hydroxyl groups is 1. The van der Waals surface area contributed by atoms with E-state index < -0.39 is 0 Å². The summed E-state index contributed by atoms with van der Waals surface area (Å²) in [5, 5.41) is 14.7. The molecule has 6 heteroatoms. The van der Waals surface area contributed by atoms with Crippen molar-refractivity contribution in [1.82, 2.24) is 14.6 Å². The molecule has 0 amide bonds. The highest BCUT2D eigenvalue weighted by Crippen LogP contribution is 2.25. The van der Waals surface area contributed by atoms with Gasteiger partial charge in [-0.2, -0.15) is 5.10 Å². The molecule has 1 aromatic carbocycles. The number of benzene rings is 1. The zero-order chi connectivity index (χ0) is 13.4. The lowest BCUT2D eigenvalue weighted by molar-refractivity contribution is 0.275. The van der Waals surface area contributed by atoms with E-state index in [1.807, 2.05) is 12.1 Å². The molecule has 0 fully saturated rings. The van der Waals surface area contributed by atoms with Crippen LogP contribution < -0.4 is 0 Å². The van der Waals surface area contributed by atoms with Crippen LogP contribution in [-0.4, -0.2) is 19.7 Å². The van der Waals surface area contributed by atoms with Gasteiger partial charge in [0.05, 0.1) is 18.0 Å². The highest BCUT2D eigenvalue weighted by Gasteiger charge is 2.14. The summed E-state index contributed by atoms with van der Waals surface area (Å²) < 4.78 is 1.55. The maximum absolute atomic E-state index is 9.54. The van der Waals surface area contributed by atoms with Crippen LogP contribution in [0, 0.1) is 0 Å². The molecule has 0 aliphatic carbocycles. The molecule has 0 saturated carbocycles. The molecule has 2 aromatic heterocycles. The Balaban J connectivity index is 2.25. The van der Waals surface area contributed by atoms with E-state index in [4.69, 9.17) is 23.2 Å². The first-order chi connectivity index (χ1) is 9.19. The quantitative estimate of drug-likeness (QED) is 0.789. The van der Waals surface area contributed by atoms with Crippen molar-refractivity contribution in [2.45, 2.75) is 6.61 Å². The van der Waals surface area contributed by atoms with Crippen molar-refractivity contribution in [3.8, 4) is 11.3 Å². The molecule has 96 valence electrons. The van der Waals surface area contributed by atoms with Crippen LogP contribution in [0.25, 0.3) is 16.9 Å². The van der Waals surface area contributed by atoms with Gasteiger partial charge >= 0.3 is 0 Å². The van der Waals surface area contributed by atoms with Crippen LogP contribution in [-0.2, 0) is 6.61 Å². The lowest BCUT2D eigenvalue weighted by Gasteiger charge is -2.01. The summed E-state index contributed by atoms with van der Waals surface area (Å²) in [5.74, 6) is 0. The molecular weight excluding hydrogens is 285 g/mol. The largest absolute Gasteiger partial charge is 0.390 e. The average molecular weight is 294 g/mol. The third kappa shape index (κ3) is 2.18. The van der Waals surface area contributed by atoms with Crippen LogP contribution in [0.15, 0.2) is 36.4 Å². The van der Waals surface area contributed by atoms with Crippen LogP contribution in [0.5, 0.6) is 0 Å². The van der Waals surface area contributed by atoms with Crippen LogP contribution in [0.4, 0.5) is 0 Å². The van der Waals surface area contributed by atoms with E-state index in [1.54, 1.807) is 28.8 Å². The van der Waals surface area contributed by atoms with E-state index in [2.05, 4.69) is 10.1 Å². The summed E-state index contributed by atoms with van der Waals surface area (Å²) in [5.41, 5.74) is 2.78. The van der Waals surface area contributed by atoms with Gasteiger partial charge in [0.2, 0.25) is 0 Å². The molecule has 0 atom stereocenters. The van der Waals surface area contributed by atoms with Crippen LogP contribution in [0.2, 0.25) is 10.2 Å². The Bertz CT molecular complexity index is 737. The molecule has 0 spiro atoms. The first-order valence-corrected chi connectivity index (χ1v) is 6.35. The summed E-state index contributed by atoms with van der Waals surface area (Å²) in [4.78, 5) is 4.46. The number of aromatic nitrogens is 3. The number of nitrogens with zero attached hydrogens (tertiary/aromatic N) is 3. The molecule has 0 aliphatic heterocycles. The molecule has 0 bridgehead atoms. The Kier molecular flexibility index (Phi) is 3.14. The SMILES string of the molecule is OCc1c(-c2ccc(Cl)cc2)nc2ccc(Cl)nn12. The van der Waals surface area contributed by atoms with Crippen molar-refractivity contribution in [3.05, 3.63) is 52.3 Å². The van der Waals surface area contributed by atoms with Crippen molar-refractivity contribution in [2.75, 3.05) is 0 Å². The lowest BCUT2D eigenvalue weighted by Crippen LogP contribution is -1.98. The summed E-state index contributed by atoms with van der Waals surface area (Å²) >= 11 is 11.7. The molecule has 0 radical (unpaired) electrons. The summed E-state index contributed by atoms with van der Waals surface area (Å²) in [6.07, 6.45) is 0. The van der Waals surface area contributed by atoms with Crippen molar-refractivity contribution in [1.29, 1.82) is 0 Å². The van der Waals surface area contributed by atoms with Crippen LogP contribution in [0.3, 0.4) is 0 Å². The van der Waals surface area contributed by atoms with E-state index in [0.717, 1.165) is 5.56 Å². The fourth-order valence-corrected chi connectivity index (χ4v) is 2.20. The fourth-order valence-electron chi connectivity index (χ4n) is 1.94. The predicted octanol–water partition coefficient (Wildman–Crippen LogP) is 3.20. The minimum absolute atomic E-state index is 0.174. The average Bonchev–Trinajstić information content (AvgIpc) is 2.77. The van der Waals surface area contributed by atoms with Crippen molar-refractivity contribution in [3.63, 3.8) is 0 Å². The molecule has 0 unspecified atom stereocenters. The molecule has 4 nitrogen and oxygen atoms in total. The number of hydrogen-bond acceptors (Lipinski definition) is 3. The van der Waals surface area contributed by atoms with Gasteiger partial charge in [0.25, 0.3) is 0 Å². The topological polar surface area (TPSA) is 50.4 Å². The molecule has 3 aromatic rings. The molecule has 3 rings (SSSR count). The Hall–Kier alpha value is -1.62. The first kappa shape index (κ1) is 12.4. The monoisotopic (exact) mass is 293 g/mol. The lowest BCUT2D eigenvalue weighted by atomic mass is 10.1. The maximum Gasteiger partial charge on any atom is 0.154 e. The van der Waals surface area contributed by atoms with Crippen molar-refractivity contribution >= 4 is 28.8 Å². The number of aliphatic hydroxyl groups excluding tert-OH is 1. The first-order valence-electron chi connectivity index (χ1n) is 5.60. The standard InChI is InChI=1S/C13H9Cl2N3O/c14-9-3-1-8(2-4-9)13-10(7-19)18-12(16-13)6-5-11(15)17-18/h1-6,19H,7H2. The zero-order valence-electron chi connectivity index (χ0n) is 9.72. The van der Waals surface area contributed by atoms with Gasteiger partial charge in [-0.05, 0) is 24.3 Å². The highest BCUT2D eigenvalue weighted by atomic mass is 35.5. The van der Waals surface area contributed by atoms with Gasteiger partial charge < -0.3 is 5.11 Å². The van der Waals surface area contributed by atoms with E-state index in [0.29, 0.717) is 27.2 Å². The van der Waals surface area contributed by atoms with Gasteiger partial charge in [0.1, 0.15) is 5.15 Å². The minimum atomic E-state index is -0.174. The Morgan fingerprint density at radius 3 is 2.47 bits per heavy atom. The molecule has 0 aliphatic rings. The summed E-state index contributed by atoms with van der Waals surface area (Å²) in [7, 11) is 0. The third-order valence-corrected chi connectivity index (χ3v) is 3.26.